The van der Waals surface area contributed by atoms with Crippen LogP contribution in [0.3, 0.4) is 0 Å². The Morgan fingerprint density at radius 3 is 2.46 bits per heavy atom. The van der Waals surface area contributed by atoms with Gasteiger partial charge in [0.05, 0.1) is 29.8 Å². The van der Waals surface area contributed by atoms with Crippen LogP contribution in [-0.2, 0) is 0 Å². The van der Waals surface area contributed by atoms with E-state index in [1.165, 1.54) is 22.2 Å². The number of nitrogens with one attached hydrogen (secondary N) is 1. The fourth-order valence-electron chi connectivity index (χ4n) is 2.93. The molecule has 124 valence electrons. The Balaban J connectivity index is 0.000000141. The van der Waals surface area contributed by atoms with Crippen LogP contribution >= 0.6 is 0 Å². The largest absolute Gasteiger partial charge is 0.303 e. The molecular formula is C20H24N4. The first-order chi connectivity index (χ1) is 11.6. The lowest BCUT2D eigenvalue weighted by atomic mass is 10.00. The number of pyridine rings is 1. The Kier molecular flexibility index (Phi) is 4.65. The van der Waals surface area contributed by atoms with Crippen molar-refractivity contribution in [3.05, 3.63) is 66.4 Å². The van der Waals surface area contributed by atoms with Crippen molar-refractivity contribution in [1.29, 1.82) is 0 Å². The van der Waals surface area contributed by atoms with E-state index in [-0.39, 0.29) is 0 Å². The molecular weight excluding hydrogens is 296 g/mol. The second-order valence-electron chi connectivity index (χ2n) is 6.63. The van der Waals surface area contributed by atoms with Gasteiger partial charge in [-0.25, -0.2) is 4.98 Å². The number of rotatable bonds is 2. The zero-order valence-corrected chi connectivity index (χ0v) is 14.7. The van der Waals surface area contributed by atoms with Crippen LogP contribution in [0, 0.1) is 0 Å². The fraction of sp³-hybridized carbons (Fsp3) is 0.300. The Labute approximate surface area is 142 Å². The zero-order valence-electron chi connectivity index (χ0n) is 14.7. The Morgan fingerprint density at radius 1 is 0.917 bits per heavy atom. The highest BCUT2D eigenvalue weighted by atomic mass is 15.1. The van der Waals surface area contributed by atoms with Crippen molar-refractivity contribution in [2.24, 2.45) is 0 Å². The molecule has 4 heteroatoms. The van der Waals surface area contributed by atoms with Crippen LogP contribution in [0.25, 0.3) is 16.4 Å². The highest BCUT2D eigenvalue weighted by Crippen LogP contribution is 2.23. The molecule has 4 aromatic rings. The molecule has 0 bridgehead atoms. The maximum atomic E-state index is 4.11. The average Bonchev–Trinajstić information content (AvgIpc) is 3.23. The van der Waals surface area contributed by atoms with E-state index in [0.29, 0.717) is 11.8 Å². The molecule has 0 saturated carbocycles. The van der Waals surface area contributed by atoms with E-state index in [1.54, 1.807) is 0 Å². The molecule has 4 rings (SSSR count). The maximum absolute atomic E-state index is 4.11. The molecule has 0 aliphatic carbocycles. The van der Waals surface area contributed by atoms with Crippen LogP contribution < -0.4 is 0 Å². The Hall–Kier alpha value is -2.62. The summed E-state index contributed by atoms with van der Waals surface area (Å²) in [6.45, 7) is 8.77. The van der Waals surface area contributed by atoms with Crippen LogP contribution in [0.4, 0.5) is 0 Å². The molecule has 4 nitrogen and oxygen atoms in total. The first kappa shape index (κ1) is 16.2. The zero-order chi connectivity index (χ0) is 17.1. The molecule has 0 atom stereocenters. The molecule has 1 N–H and O–H groups in total. The summed E-state index contributed by atoms with van der Waals surface area (Å²) in [7, 11) is 0. The Bertz CT molecular complexity index is 853. The number of hydrogen-bond donors (Lipinski definition) is 1. The van der Waals surface area contributed by atoms with Crippen LogP contribution in [0.5, 0.6) is 0 Å². The lowest BCUT2D eigenvalue weighted by Crippen LogP contribution is -1.96. The average molecular weight is 320 g/mol. The van der Waals surface area contributed by atoms with E-state index < -0.39 is 0 Å². The first-order valence-corrected chi connectivity index (χ1v) is 8.41. The van der Waals surface area contributed by atoms with Crippen LogP contribution in [0.2, 0.25) is 0 Å². The predicted molar refractivity (Wildman–Crippen MR) is 99.5 cm³/mol. The van der Waals surface area contributed by atoms with Gasteiger partial charge in [0.1, 0.15) is 0 Å². The number of benzene rings is 1. The van der Waals surface area contributed by atoms with Crippen molar-refractivity contribution in [3.8, 4) is 0 Å². The van der Waals surface area contributed by atoms with E-state index in [9.17, 15) is 0 Å². The van der Waals surface area contributed by atoms with E-state index in [4.69, 9.17) is 0 Å². The van der Waals surface area contributed by atoms with Crippen molar-refractivity contribution in [3.63, 3.8) is 0 Å². The highest BCUT2D eigenvalue weighted by Gasteiger charge is 2.05. The normalized spacial score (nSPS) is 11.2. The van der Waals surface area contributed by atoms with Gasteiger partial charge in [-0.1, -0.05) is 45.9 Å². The summed E-state index contributed by atoms with van der Waals surface area (Å²) in [5, 5.41) is 8.23. The van der Waals surface area contributed by atoms with E-state index >= 15 is 0 Å². The summed E-state index contributed by atoms with van der Waals surface area (Å²) in [6.07, 6.45) is 5.64. The summed E-state index contributed by atoms with van der Waals surface area (Å²) < 4.78 is 2.13. The van der Waals surface area contributed by atoms with Crippen LogP contribution in [0.15, 0.2) is 55.1 Å². The molecule has 1 aromatic carbocycles. The number of nitrogens with zero attached hydrogens (tertiary/aromatic N) is 3. The highest BCUT2D eigenvalue weighted by molar-refractivity contribution is 5.81. The van der Waals surface area contributed by atoms with Gasteiger partial charge in [-0.05, 0) is 35.6 Å². The second kappa shape index (κ2) is 6.87. The van der Waals surface area contributed by atoms with Gasteiger partial charge in [-0.2, -0.15) is 5.10 Å². The molecule has 0 aliphatic heterocycles. The van der Waals surface area contributed by atoms with Crippen molar-refractivity contribution < 1.29 is 0 Å². The molecule has 0 radical (unpaired) electrons. The summed E-state index contributed by atoms with van der Waals surface area (Å²) in [5.74, 6) is 1.11. The molecule has 3 aromatic heterocycles. The summed E-state index contributed by atoms with van der Waals surface area (Å²) >= 11 is 0. The van der Waals surface area contributed by atoms with Gasteiger partial charge in [0.15, 0.2) is 0 Å². The molecule has 0 fully saturated rings. The van der Waals surface area contributed by atoms with Crippen molar-refractivity contribution in [2.45, 2.75) is 39.5 Å². The van der Waals surface area contributed by atoms with Gasteiger partial charge in [0.2, 0.25) is 0 Å². The van der Waals surface area contributed by atoms with Crippen molar-refractivity contribution in [1.82, 2.24) is 19.6 Å². The molecule has 0 aliphatic rings. The third-order valence-electron chi connectivity index (χ3n) is 4.21. The molecule has 0 amide bonds. The van der Waals surface area contributed by atoms with Gasteiger partial charge < -0.3 is 4.40 Å². The first-order valence-electron chi connectivity index (χ1n) is 8.41. The maximum Gasteiger partial charge on any atom is 0.0994 e. The smallest absolute Gasteiger partial charge is 0.0994 e. The predicted octanol–water partition coefficient (Wildman–Crippen LogP) is 5.14. The summed E-state index contributed by atoms with van der Waals surface area (Å²) in [5.41, 5.74) is 4.97. The minimum absolute atomic E-state index is 0.544. The van der Waals surface area contributed by atoms with Crippen molar-refractivity contribution >= 4 is 16.4 Å². The van der Waals surface area contributed by atoms with Gasteiger partial charge >= 0.3 is 0 Å². The van der Waals surface area contributed by atoms with Gasteiger partial charge in [0, 0.05) is 11.1 Å². The number of H-pyrrole nitrogens is 1. The fourth-order valence-corrected chi connectivity index (χ4v) is 2.93. The number of hydrogen-bond acceptors (Lipinski definition) is 2. The quantitative estimate of drug-likeness (QED) is 0.555. The summed E-state index contributed by atoms with van der Waals surface area (Å²) in [6, 6.07) is 12.6. The number of fused-ring (bicyclic) bond motifs is 2. The molecule has 0 spiro atoms. The number of aromatic amines is 1. The monoisotopic (exact) mass is 320 g/mol. The molecule has 3 heterocycles. The van der Waals surface area contributed by atoms with Crippen molar-refractivity contribution in [2.75, 3.05) is 0 Å². The van der Waals surface area contributed by atoms with E-state index in [1.807, 2.05) is 24.8 Å². The molecule has 0 unspecified atom stereocenters. The third-order valence-corrected chi connectivity index (χ3v) is 4.21. The van der Waals surface area contributed by atoms with Gasteiger partial charge in [-0.3, -0.25) is 5.10 Å². The Morgan fingerprint density at radius 2 is 1.71 bits per heavy atom. The number of imidazole rings is 1. The van der Waals surface area contributed by atoms with Gasteiger partial charge in [-0.15, -0.1) is 0 Å². The molecule has 24 heavy (non-hydrogen) atoms. The van der Waals surface area contributed by atoms with E-state index in [0.717, 1.165) is 5.52 Å². The minimum Gasteiger partial charge on any atom is -0.303 e. The third kappa shape index (κ3) is 3.18. The van der Waals surface area contributed by atoms with Gasteiger partial charge in [0.25, 0.3) is 0 Å². The molecule has 0 saturated heterocycles. The summed E-state index contributed by atoms with van der Waals surface area (Å²) in [4.78, 5) is 4.11. The number of aromatic nitrogens is 4. The van der Waals surface area contributed by atoms with Crippen LogP contribution in [-0.4, -0.2) is 19.6 Å². The lowest BCUT2D eigenvalue weighted by Gasteiger charge is -2.07. The van der Waals surface area contributed by atoms with E-state index in [2.05, 4.69) is 77.6 Å². The lowest BCUT2D eigenvalue weighted by molar-refractivity contribution is 0.800. The minimum atomic E-state index is 0.544. The topological polar surface area (TPSA) is 46.0 Å². The SMILES string of the molecule is CC(C)c1cccc2[nH]ncc12.CC(C)c1cccc2cncn12. The second-order valence-corrected chi connectivity index (χ2v) is 6.63. The standard InChI is InChI=1S/2C10H12N2/c1-8(2)10-5-3-4-9-6-11-7-12(9)10;1-7(2)8-4-3-5-10-9(8)6-11-12-10/h3-8H,1-2H3;3-7H,1-2H3,(H,11,12). The van der Waals surface area contributed by atoms with Crippen LogP contribution in [0.1, 0.15) is 50.8 Å².